The largest absolute Gasteiger partial charge is 0.481 e. The van der Waals surface area contributed by atoms with Crippen molar-refractivity contribution in [3.05, 3.63) is 36.0 Å². The highest BCUT2D eigenvalue weighted by molar-refractivity contribution is 5.86. The normalized spacial score (nSPS) is 12.6. The molecule has 0 saturated heterocycles. The number of nitrogens with one attached hydrogen (secondary N) is 3. The van der Waals surface area contributed by atoms with Crippen molar-refractivity contribution < 1.29 is 29.0 Å². The molecule has 0 fully saturated rings. The van der Waals surface area contributed by atoms with Gasteiger partial charge in [0.25, 0.3) is 0 Å². The van der Waals surface area contributed by atoms with Crippen LogP contribution in [0.5, 0.6) is 0 Å². The van der Waals surface area contributed by atoms with Gasteiger partial charge in [0.2, 0.25) is 11.8 Å². The van der Waals surface area contributed by atoms with Crippen LogP contribution < -0.4 is 16.4 Å². The van der Waals surface area contributed by atoms with Crippen molar-refractivity contribution in [3.63, 3.8) is 0 Å². The van der Waals surface area contributed by atoms with E-state index in [1.807, 2.05) is 37.4 Å². The van der Waals surface area contributed by atoms with Gasteiger partial charge in [-0.05, 0) is 37.3 Å². The molecule has 186 valence electrons. The summed E-state index contributed by atoms with van der Waals surface area (Å²) < 4.78 is 5.22. The van der Waals surface area contributed by atoms with E-state index in [0.29, 0.717) is 12.8 Å². The Hall–Kier alpha value is -3.40. The van der Waals surface area contributed by atoms with Crippen LogP contribution in [0.1, 0.15) is 51.0 Å². The number of esters is 1. The van der Waals surface area contributed by atoms with Crippen LogP contribution in [0, 0.1) is 0 Å². The minimum Gasteiger partial charge on any atom is -0.481 e. The molecule has 10 nitrogen and oxygen atoms in total. The Balaban J connectivity index is 1.86. The first kappa shape index (κ1) is 26.8. The number of hydrogen-bond donors (Lipinski definition) is 5. The van der Waals surface area contributed by atoms with E-state index in [4.69, 9.17) is 15.6 Å². The van der Waals surface area contributed by atoms with Gasteiger partial charge in [0.15, 0.2) is 0 Å². The van der Waals surface area contributed by atoms with Gasteiger partial charge in [-0.25, -0.2) is 4.79 Å². The molecular weight excluding hydrogens is 440 g/mol. The van der Waals surface area contributed by atoms with Gasteiger partial charge in [0, 0.05) is 36.5 Å². The minimum atomic E-state index is -0.991. The van der Waals surface area contributed by atoms with Crippen molar-refractivity contribution in [3.8, 4) is 0 Å². The standard InChI is InChI=1S/C24H34N4O6/c1-2-3-13-34-24(33)20(28-21(29)9-6-10-22(30)31)11-12-26-23(32)18(25)14-16-15-27-19-8-5-4-7-17(16)19/h4-5,7-8,15,18,20,27H,2-3,6,9-14,25H2,1H3,(H,26,32)(H,28,29)(H,30,31)/t18-,20-/m1/s1. The number of hydrogen-bond acceptors (Lipinski definition) is 6. The average Bonchev–Trinajstić information content (AvgIpc) is 3.21. The second-order valence-corrected chi connectivity index (χ2v) is 8.14. The zero-order chi connectivity index (χ0) is 24.9. The highest BCUT2D eigenvalue weighted by Gasteiger charge is 2.23. The van der Waals surface area contributed by atoms with Gasteiger partial charge in [-0.1, -0.05) is 31.5 Å². The number of unbranched alkanes of at least 4 members (excludes halogenated alkanes) is 1. The molecule has 34 heavy (non-hydrogen) atoms. The summed E-state index contributed by atoms with van der Waals surface area (Å²) >= 11 is 0. The van der Waals surface area contributed by atoms with Crippen molar-refractivity contribution in [1.29, 1.82) is 0 Å². The van der Waals surface area contributed by atoms with E-state index in [9.17, 15) is 19.2 Å². The number of aliphatic carboxylic acids is 1. The quantitative estimate of drug-likeness (QED) is 0.193. The number of carboxylic acids is 1. The Morgan fingerprint density at radius 3 is 2.65 bits per heavy atom. The first-order valence-corrected chi connectivity index (χ1v) is 11.6. The maximum Gasteiger partial charge on any atom is 0.328 e. The fourth-order valence-electron chi connectivity index (χ4n) is 3.43. The molecule has 0 radical (unpaired) electrons. The third-order valence-corrected chi connectivity index (χ3v) is 5.34. The first-order chi connectivity index (χ1) is 16.3. The van der Waals surface area contributed by atoms with Gasteiger partial charge in [-0.3, -0.25) is 14.4 Å². The maximum atomic E-state index is 12.5. The number of carbonyl (C=O) groups is 4. The van der Waals surface area contributed by atoms with Crippen molar-refractivity contribution in [2.45, 2.75) is 64.0 Å². The molecule has 0 aliphatic rings. The summed E-state index contributed by atoms with van der Waals surface area (Å²) in [7, 11) is 0. The number of aromatic nitrogens is 1. The molecule has 0 unspecified atom stereocenters. The Labute approximate surface area is 198 Å². The fourth-order valence-corrected chi connectivity index (χ4v) is 3.43. The molecule has 2 amide bonds. The topological polar surface area (TPSA) is 164 Å². The smallest absolute Gasteiger partial charge is 0.328 e. The van der Waals surface area contributed by atoms with Gasteiger partial charge in [-0.15, -0.1) is 0 Å². The van der Waals surface area contributed by atoms with E-state index < -0.39 is 29.9 Å². The zero-order valence-electron chi connectivity index (χ0n) is 19.5. The monoisotopic (exact) mass is 474 g/mol. The third kappa shape index (κ3) is 8.86. The molecule has 2 atom stereocenters. The SMILES string of the molecule is CCCCOC(=O)[C@@H](CCNC(=O)[C@H](N)Cc1c[nH]c2ccccc12)NC(=O)CCCC(=O)O. The van der Waals surface area contributed by atoms with Crippen LogP contribution in [0.3, 0.4) is 0 Å². The van der Waals surface area contributed by atoms with E-state index in [2.05, 4.69) is 15.6 Å². The lowest BCUT2D eigenvalue weighted by atomic mass is 10.0. The van der Waals surface area contributed by atoms with E-state index in [0.717, 1.165) is 22.9 Å². The van der Waals surface area contributed by atoms with Crippen molar-refractivity contribution in [2.75, 3.05) is 13.2 Å². The highest BCUT2D eigenvalue weighted by atomic mass is 16.5. The molecule has 10 heteroatoms. The number of carbonyl (C=O) groups excluding carboxylic acids is 3. The zero-order valence-corrected chi connectivity index (χ0v) is 19.5. The molecule has 6 N–H and O–H groups in total. The summed E-state index contributed by atoms with van der Waals surface area (Å²) in [5.41, 5.74) is 7.98. The van der Waals surface area contributed by atoms with Gasteiger partial charge in [-0.2, -0.15) is 0 Å². The number of nitrogens with two attached hydrogens (primary N) is 1. The molecule has 0 aliphatic heterocycles. The van der Waals surface area contributed by atoms with Crippen LogP contribution in [0.4, 0.5) is 0 Å². The summed E-state index contributed by atoms with van der Waals surface area (Å²) in [6.45, 7) is 2.32. The van der Waals surface area contributed by atoms with Crippen LogP contribution in [0.2, 0.25) is 0 Å². The molecule has 0 spiro atoms. The second kappa shape index (κ2) is 14.0. The van der Waals surface area contributed by atoms with Gasteiger partial charge < -0.3 is 31.2 Å². The lowest BCUT2D eigenvalue weighted by Crippen LogP contribution is -2.46. The van der Waals surface area contributed by atoms with E-state index >= 15 is 0 Å². The molecule has 0 saturated carbocycles. The van der Waals surface area contributed by atoms with E-state index in [1.165, 1.54) is 0 Å². The van der Waals surface area contributed by atoms with Crippen LogP contribution in [0.15, 0.2) is 30.5 Å². The first-order valence-electron chi connectivity index (χ1n) is 11.6. The number of benzene rings is 1. The molecule has 2 rings (SSSR count). The number of amides is 2. The van der Waals surface area contributed by atoms with Crippen LogP contribution in [-0.2, 0) is 30.3 Å². The molecule has 0 bridgehead atoms. The number of ether oxygens (including phenoxy) is 1. The summed E-state index contributed by atoms with van der Waals surface area (Å²) in [4.78, 5) is 50.8. The van der Waals surface area contributed by atoms with Crippen molar-refractivity contribution in [2.24, 2.45) is 5.73 Å². The summed E-state index contributed by atoms with van der Waals surface area (Å²) in [5.74, 6) is -2.38. The Kier molecular flexibility index (Phi) is 11.0. The average molecular weight is 475 g/mol. The maximum absolute atomic E-state index is 12.5. The molecule has 1 aromatic heterocycles. The summed E-state index contributed by atoms with van der Waals surface area (Å²) in [6.07, 6.45) is 3.86. The fraction of sp³-hybridized carbons (Fsp3) is 0.500. The molecule has 0 aliphatic carbocycles. The van der Waals surface area contributed by atoms with Gasteiger partial charge >= 0.3 is 11.9 Å². The molecule has 1 aromatic carbocycles. The van der Waals surface area contributed by atoms with E-state index in [1.54, 1.807) is 0 Å². The predicted octanol–water partition coefficient (Wildman–Crippen LogP) is 1.63. The van der Waals surface area contributed by atoms with Crippen LogP contribution >= 0.6 is 0 Å². The molecule has 1 heterocycles. The number of aromatic amines is 1. The van der Waals surface area contributed by atoms with Gasteiger partial charge in [0.05, 0.1) is 12.6 Å². The third-order valence-electron chi connectivity index (χ3n) is 5.34. The number of fused-ring (bicyclic) bond motifs is 1. The Morgan fingerprint density at radius 2 is 1.91 bits per heavy atom. The van der Waals surface area contributed by atoms with Crippen LogP contribution in [0.25, 0.3) is 10.9 Å². The predicted molar refractivity (Wildman–Crippen MR) is 127 cm³/mol. The van der Waals surface area contributed by atoms with Gasteiger partial charge in [0.1, 0.15) is 6.04 Å². The number of para-hydroxylation sites is 1. The minimum absolute atomic E-state index is 0.0209. The number of carboxylic acid groups (broad SMARTS) is 1. The lowest BCUT2D eigenvalue weighted by molar-refractivity contribution is -0.148. The second-order valence-electron chi connectivity index (χ2n) is 8.14. The number of rotatable bonds is 15. The highest BCUT2D eigenvalue weighted by Crippen LogP contribution is 2.18. The molecular formula is C24H34N4O6. The lowest BCUT2D eigenvalue weighted by Gasteiger charge is -2.19. The van der Waals surface area contributed by atoms with Crippen molar-refractivity contribution in [1.82, 2.24) is 15.6 Å². The van der Waals surface area contributed by atoms with Crippen LogP contribution in [-0.4, -0.2) is 59.1 Å². The Morgan fingerprint density at radius 1 is 1.15 bits per heavy atom. The van der Waals surface area contributed by atoms with Crippen molar-refractivity contribution >= 4 is 34.7 Å². The van der Waals surface area contributed by atoms with E-state index in [-0.39, 0.29) is 44.7 Å². The summed E-state index contributed by atoms with van der Waals surface area (Å²) in [5, 5.41) is 15.0. The molecule has 2 aromatic rings. The Bertz CT molecular complexity index is 973. The summed E-state index contributed by atoms with van der Waals surface area (Å²) in [6, 6.07) is 6.02. The number of H-pyrrole nitrogens is 1.